The predicted molar refractivity (Wildman–Crippen MR) is 26.1 cm³/mol. The minimum atomic E-state index is -3.62. The lowest BCUT2D eigenvalue weighted by molar-refractivity contribution is 0.562. The molecule has 6 heteroatoms. The molecule has 0 fully saturated rings. The molecule has 0 aromatic heterocycles. The Morgan fingerprint density at radius 3 is 2.25 bits per heavy atom. The molecule has 0 amide bonds. The Bertz CT molecular complexity index is 199. The standard InChI is InChI=1S/C2H4N2O3S/c3-8(6,7)2-4-1-5/h2H2,(H2,3,6,7). The molecule has 2 N–H and O–H groups in total. The summed E-state index contributed by atoms with van der Waals surface area (Å²) in [6.07, 6.45) is 1.04. The maximum absolute atomic E-state index is 9.90. The zero-order chi connectivity index (χ0) is 6.62. The number of carbonyl (C=O) groups excluding carboxylic acids is 1. The Balaban J connectivity index is 3.94. The summed E-state index contributed by atoms with van der Waals surface area (Å²) in [6, 6.07) is 0. The van der Waals surface area contributed by atoms with Gasteiger partial charge in [0.25, 0.3) is 0 Å². The van der Waals surface area contributed by atoms with Gasteiger partial charge in [-0.2, -0.15) is 4.99 Å². The van der Waals surface area contributed by atoms with Gasteiger partial charge in [-0.05, 0) is 0 Å². The van der Waals surface area contributed by atoms with E-state index in [4.69, 9.17) is 0 Å². The Labute approximate surface area is 46.3 Å². The van der Waals surface area contributed by atoms with Crippen molar-refractivity contribution in [3.8, 4) is 0 Å². The molecule has 0 saturated carbocycles. The number of hydrogen-bond acceptors (Lipinski definition) is 4. The van der Waals surface area contributed by atoms with E-state index < -0.39 is 15.9 Å². The van der Waals surface area contributed by atoms with Crippen molar-refractivity contribution in [2.45, 2.75) is 0 Å². The van der Waals surface area contributed by atoms with Gasteiger partial charge >= 0.3 is 0 Å². The summed E-state index contributed by atoms with van der Waals surface area (Å²) in [4.78, 5) is 12.0. The molecule has 0 aromatic carbocycles. The first-order valence-corrected chi connectivity index (χ1v) is 3.32. The van der Waals surface area contributed by atoms with Gasteiger partial charge in [0.05, 0.1) is 0 Å². The van der Waals surface area contributed by atoms with Crippen molar-refractivity contribution in [3.05, 3.63) is 0 Å². The van der Waals surface area contributed by atoms with E-state index >= 15 is 0 Å². The SMILES string of the molecule is NS(=O)(=O)CN=C=O. The zero-order valence-corrected chi connectivity index (χ0v) is 4.68. The molecular weight excluding hydrogens is 132 g/mol. The Kier molecular flexibility index (Phi) is 2.33. The molecule has 0 atom stereocenters. The number of aliphatic imine (C=N–C) groups is 1. The molecule has 0 spiro atoms. The van der Waals surface area contributed by atoms with Crippen molar-refractivity contribution in [2.24, 2.45) is 10.1 Å². The highest BCUT2D eigenvalue weighted by Gasteiger charge is 1.96. The van der Waals surface area contributed by atoms with Crippen molar-refractivity contribution in [3.63, 3.8) is 0 Å². The third-order valence-corrected chi connectivity index (χ3v) is 0.798. The summed E-state index contributed by atoms with van der Waals surface area (Å²) < 4.78 is 19.8. The van der Waals surface area contributed by atoms with Crippen molar-refractivity contribution in [2.75, 3.05) is 5.88 Å². The van der Waals surface area contributed by atoms with Gasteiger partial charge in [0.15, 0.2) is 5.88 Å². The molecule has 0 rings (SSSR count). The van der Waals surface area contributed by atoms with E-state index in [1.54, 1.807) is 0 Å². The second kappa shape index (κ2) is 2.56. The molecule has 0 unspecified atom stereocenters. The van der Waals surface area contributed by atoms with Crippen LogP contribution in [-0.4, -0.2) is 20.4 Å². The van der Waals surface area contributed by atoms with Crippen molar-refractivity contribution in [1.29, 1.82) is 0 Å². The van der Waals surface area contributed by atoms with Crippen molar-refractivity contribution < 1.29 is 13.2 Å². The summed E-state index contributed by atoms with van der Waals surface area (Å²) in [7, 11) is -3.62. The molecule has 0 aliphatic heterocycles. The Morgan fingerprint density at radius 2 is 2.12 bits per heavy atom. The van der Waals surface area contributed by atoms with E-state index in [0.29, 0.717) is 0 Å². The number of primary sulfonamides is 1. The average Bonchev–Trinajstić information content (AvgIpc) is 1.59. The van der Waals surface area contributed by atoms with E-state index in [9.17, 15) is 13.2 Å². The number of isocyanates is 1. The van der Waals surface area contributed by atoms with Crippen LogP contribution in [0.4, 0.5) is 0 Å². The quantitative estimate of drug-likeness (QED) is 0.372. The summed E-state index contributed by atoms with van der Waals surface area (Å²) in [5.41, 5.74) is 0. The number of rotatable bonds is 2. The van der Waals surface area contributed by atoms with Crippen LogP contribution in [0.1, 0.15) is 0 Å². The van der Waals surface area contributed by atoms with Gasteiger partial charge in [0, 0.05) is 0 Å². The molecule has 0 heterocycles. The molecule has 0 saturated heterocycles. The number of nitrogens with two attached hydrogens (primary N) is 1. The summed E-state index contributed by atoms with van der Waals surface area (Å²) >= 11 is 0. The molecule has 8 heavy (non-hydrogen) atoms. The van der Waals surface area contributed by atoms with Crippen LogP contribution >= 0.6 is 0 Å². The molecule has 0 bridgehead atoms. The highest BCUT2D eigenvalue weighted by molar-refractivity contribution is 7.89. The zero-order valence-electron chi connectivity index (χ0n) is 3.86. The maximum Gasteiger partial charge on any atom is 0.236 e. The highest BCUT2D eigenvalue weighted by atomic mass is 32.2. The summed E-state index contributed by atoms with van der Waals surface area (Å²) in [5, 5.41) is 4.42. The van der Waals surface area contributed by atoms with E-state index in [-0.39, 0.29) is 0 Å². The van der Waals surface area contributed by atoms with Gasteiger partial charge < -0.3 is 0 Å². The van der Waals surface area contributed by atoms with Crippen LogP contribution in [-0.2, 0) is 14.8 Å². The Morgan fingerprint density at radius 1 is 1.62 bits per heavy atom. The third-order valence-electron chi connectivity index (χ3n) is 0.309. The van der Waals surface area contributed by atoms with Crippen molar-refractivity contribution >= 4 is 16.1 Å². The molecule has 0 aromatic rings. The molecule has 0 aliphatic carbocycles. The maximum atomic E-state index is 9.90. The Hall–Kier alpha value is -0.710. The minimum Gasteiger partial charge on any atom is -0.227 e. The fourth-order valence-electron chi connectivity index (χ4n) is 0.116. The smallest absolute Gasteiger partial charge is 0.227 e. The first kappa shape index (κ1) is 7.29. The van der Waals surface area contributed by atoms with E-state index in [1.165, 1.54) is 0 Å². The first-order valence-electron chi connectivity index (χ1n) is 1.60. The van der Waals surface area contributed by atoms with Gasteiger partial charge in [-0.1, -0.05) is 0 Å². The number of nitrogens with zero attached hydrogens (tertiary/aromatic N) is 1. The molecular formula is C2H4N2O3S. The monoisotopic (exact) mass is 136 g/mol. The van der Waals surface area contributed by atoms with Crippen LogP contribution in [0.3, 0.4) is 0 Å². The third kappa shape index (κ3) is 5.29. The van der Waals surface area contributed by atoms with E-state index in [2.05, 4.69) is 10.1 Å². The van der Waals surface area contributed by atoms with Crippen LogP contribution in [0.25, 0.3) is 0 Å². The minimum absolute atomic E-state index is 0.684. The van der Waals surface area contributed by atoms with Gasteiger partial charge in [-0.3, -0.25) is 0 Å². The fourth-order valence-corrected chi connectivity index (χ4v) is 0.349. The van der Waals surface area contributed by atoms with Crippen LogP contribution in [0.5, 0.6) is 0 Å². The van der Waals surface area contributed by atoms with Crippen molar-refractivity contribution in [1.82, 2.24) is 0 Å². The second-order valence-electron chi connectivity index (χ2n) is 1.04. The van der Waals surface area contributed by atoms with Gasteiger partial charge in [-0.25, -0.2) is 18.4 Å². The topological polar surface area (TPSA) is 89.6 Å². The normalized spacial score (nSPS) is 10.1. The van der Waals surface area contributed by atoms with E-state index in [1.807, 2.05) is 0 Å². The van der Waals surface area contributed by atoms with Gasteiger partial charge in [0.2, 0.25) is 16.1 Å². The largest absolute Gasteiger partial charge is 0.236 e. The fraction of sp³-hybridized carbons (Fsp3) is 0.500. The average molecular weight is 136 g/mol. The van der Waals surface area contributed by atoms with E-state index in [0.717, 1.165) is 6.08 Å². The number of hydrogen-bond donors (Lipinski definition) is 1. The van der Waals surface area contributed by atoms with Crippen LogP contribution in [0.2, 0.25) is 0 Å². The van der Waals surface area contributed by atoms with Gasteiger partial charge in [-0.15, -0.1) is 0 Å². The highest BCUT2D eigenvalue weighted by Crippen LogP contribution is 1.73. The molecule has 0 radical (unpaired) electrons. The summed E-state index contributed by atoms with van der Waals surface area (Å²) in [6.45, 7) is 0. The lowest BCUT2D eigenvalue weighted by atomic mass is 11.4. The first-order chi connectivity index (χ1) is 3.56. The predicted octanol–water partition coefficient (Wildman–Crippen LogP) is -1.43. The molecule has 5 nitrogen and oxygen atoms in total. The summed E-state index contributed by atoms with van der Waals surface area (Å²) in [5.74, 6) is -0.684. The lowest BCUT2D eigenvalue weighted by Crippen LogP contribution is -2.14. The number of sulfonamides is 1. The van der Waals surface area contributed by atoms with Crippen LogP contribution in [0, 0.1) is 0 Å². The lowest BCUT2D eigenvalue weighted by Gasteiger charge is -1.82. The van der Waals surface area contributed by atoms with Crippen LogP contribution in [0.15, 0.2) is 4.99 Å². The second-order valence-corrected chi connectivity index (χ2v) is 2.63. The van der Waals surface area contributed by atoms with Crippen LogP contribution < -0.4 is 5.14 Å². The molecule has 0 aliphatic rings. The van der Waals surface area contributed by atoms with Gasteiger partial charge in [0.1, 0.15) is 0 Å². The molecule has 46 valence electrons.